The normalized spacial score (nSPS) is 18.0. The first-order valence-corrected chi connectivity index (χ1v) is 2.54. The van der Waals surface area contributed by atoms with Gasteiger partial charge in [-0.15, -0.1) is 0 Å². The lowest BCUT2D eigenvalue weighted by Gasteiger charge is -2.10. The SMILES string of the molecule is O=C(O)C1=NNCNC1. The minimum Gasteiger partial charge on any atom is -0.477 e. The van der Waals surface area contributed by atoms with Crippen LogP contribution >= 0.6 is 0 Å². The van der Waals surface area contributed by atoms with Gasteiger partial charge in [0, 0.05) is 6.54 Å². The van der Waals surface area contributed by atoms with E-state index >= 15 is 0 Å². The van der Waals surface area contributed by atoms with Crippen LogP contribution in [0.5, 0.6) is 0 Å². The maximum absolute atomic E-state index is 10.1. The third-order valence-electron chi connectivity index (χ3n) is 0.957. The highest BCUT2D eigenvalue weighted by Gasteiger charge is 2.10. The van der Waals surface area contributed by atoms with Gasteiger partial charge in [-0.3, -0.25) is 10.7 Å². The molecule has 50 valence electrons. The molecule has 0 atom stereocenters. The second-order valence-electron chi connectivity index (χ2n) is 1.63. The Labute approximate surface area is 51.7 Å². The van der Waals surface area contributed by atoms with Crippen LogP contribution in [-0.4, -0.2) is 30.0 Å². The van der Waals surface area contributed by atoms with Gasteiger partial charge in [0.25, 0.3) is 0 Å². The van der Waals surface area contributed by atoms with E-state index in [4.69, 9.17) is 5.11 Å². The number of nitrogens with zero attached hydrogens (tertiary/aromatic N) is 1. The fraction of sp³-hybridized carbons (Fsp3) is 0.500. The molecule has 0 aromatic carbocycles. The molecule has 1 heterocycles. The van der Waals surface area contributed by atoms with Crippen molar-refractivity contribution in [2.75, 3.05) is 13.2 Å². The predicted molar refractivity (Wildman–Crippen MR) is 31.1 cm³/mol. The molecule has 3 N–H and O–H groups in total. The number of rotatable bonds is 1. The van der Waals surface area contributed by atoms with Crippen molar-refractivity contribution in [3.05, 3.63) is 0 Å². The van der Waals surface area contributed by atoms with Crippen LogP contribution < -0.4 is 10.7 Å². The Morgan fingerprint density at radius 1 is 1.78 bits per heavy atom. The highest BCUT2D eigenvalue weighted by molar-refractivity contribution is 6.36. The first-order valence-electron chi connectivity index (χ1n) is 2.54. The number of hydrogen-bond acceptors (Lipinski definition) is 4. The van der Waals surface area contributed by atoms with Crippen LogP contribution in [0.3, 0.4) is 0 Å². The van der Waals surface area contributed by atoms with E-state index in [1.54, 1.807) is 0 Å². The lowest BCUT2D eigenvalue weighted by Crippen LogP contribution is -2.40. The Balaban J connectivity index is 2.57. The Morgan fingerprint density at radius 2 is 2.56 bits per heavy atom. The van der Waals surface area contributed by atoms with Crippen molar-refractivity contribution >= 4 is 11.7 Å². The van der Waals surface area contributed by atoms with Gasteiger partial charge in [0.2, 0.25) is 0 Å². The van der Waals surface area contributed by atoms with Crippen LogP contribution in [0.2, 0.25) is 0 Å². The standard InChI is InChI=1S/C4H7N3O2/c8-4(9)3-1-5-2-6-7-3/h5-6H,1-2H2,(H,8,9). The monoisotopic (exact) mass is 129 g/mol. The molecule has 1 aliphatic rings. The van der Waals surface area contributed by atoms with Crippen molar-refractivity contribution in [3.63, 3.8) is 0 Å². The zero-order valence-electron chi connectivity index (χ0n) is 4.72. The molecule has 0 radical (unpaired) electrons. The largest absolute Gasteiger partial charge is 0.477 e. The summed E-state index contributed by atoms with van der Waals surface area (Å²) < 4.78 is 0. The Bertz CT molecular complexity index is 154. The van der Waals surface area contributed by atoms with Crippen LogP contribution in [0.1, 0.15) is 0 Å². The second kappa shape index (κ2) is 2.45. The minimum absolute atomic E-state index is 0.126. The van der Waals surface area contributed by atoms with E-state index in [1.807, 2.05) is 0 Å². The molecule has 0 bridgehead atoms. The number of aliphatic carboxylic acids is 1. The topological polar surface area (TPSA) is 73.7 Å². The number of hydrazone groups is 1. The summed E-state index contributed by atoms with van der Waals surface area (Å²) in [6.07, 6.45) is 0. The summed E-state index contributed by atoms with van der Waals surface area (Å²) in [5, 5.41) is 14.7. The van der Waals surface area contributed by atoms with Gasteiger partial charge >= 0.3 is 5.97 Å². The van der Waals surface area contributed by atoms with Gasteiger partial charge < -0.3 is 5.11 Å². The minimum atomic E-state index is -0.977. The number of carboxylic acids is 1. The average molecular weight is 129 g/mol. The van der Waals surface area contributed by atoms with Crippen molar-refractivity contribution in [3.8, 4) is 0 Å². The number of nitrogens with one attached hydrogen (secondary N) is 2. The number of carboxylic acid groups (broad SMARTS) is 1. The number of carbonyl (C=O) groups is 1. The van der Waals surface area contributed by atoms with Crippen LogP contribution in [0.4, 0.5) is 0 Å². The summed E-state index contributed by atoms with van der Waals surface area (Å²) in [7, 11) is 0. The lowest BCUT2D eigenvalue weighted by atomic mass is 10.4. The highest BCUT2D eigenvalue weighted by atomic mass is 16.4. The second-order valence-corrected chi connectivity index (χ2v) is 1.63. The summed E-state index contributed by atoms with van der Waals surface area (Å²) in [4.78, 5) is 10.1. The molecule has 0 saturated carbocycles. The van der Waals surface area contributed by atoms with E-state index in [9.17, 15) is 4.79 Å². The molecule has 1 rings (SSSR count). The maximum atomic E-state index is 10.1. The smallest absolute Gasteiger partial charge is 0.353 e. The molecule has 0 fully saturated rings. The molecule has 0 aromatic rings. The lowest BCUT2D eigenvalue weighted by molar-refractivity contribution is -0.129. The molecule has 0 saturated heterocycles. The fourth-order valence-corrected chi connectivity index (χ4v) is 0.535. The van der Waals surface area contributed by atoms with E-state index in [0.717, 1.165) is 0 Å². The molecule has 0 aromatic heterocycles. The molecular weight excluding hydrogens is 122 g/mol. The third-order valence-corrected chi connectivity index (χ3v) is 0.957. The molecule has 1 aliphatic heterocycles. The van der Waals surface area contributed by atoms with Crippen LogP contribution in [0, 0.1) is 0 Å². The summed E-state index contributed by atoms with van der Waals surface area (Å²) >= 11 is 0. The van der Waals surface area contributed by atoms with Crippen molar-refractivity contribution in [2.45, 2.75) is 0 Å². The molecule has 5 heteroatoms. The van der Waals surface area contributed by atoms with Gasteiger partial charge in [0.05, 0.1) is 6.67 Å². The highest BCUT2D eigenvalue weighted by Crippen LogP contribution is 1.79. The van der Waals surface area contributed by atoms with Crippen molar-refractivity contribution in [1.29, 1.82) is 0 Å². The van der Waals surface area contributed by atoms with Gasteiger partial charge in [-0.1, -0.05) is 0 Å². The molecule has 0 aliphatic carbocycles. The van der Waals surface area contributed by atoms with Crippen molar-refractivity contribution in [1.82, 2.24) is 10.7 Å². The van der Waals surface area contributed by atoms with E-state index in [2.05, 4.69) is 15.8 Å². The third kappa shape index (κ3) is 1.39. The van der Waals surface area contributed by atoms with Gasteiger partial charge in [-0.05, 0) is 0 Å². The summed E-state index contributed by atoms with van der Waals surface area (Å²) in [5.41, 5.74) is 2.64. The molecule has 9 heavy (non-hydrogen) atoms. The molecule has 0 amide bonds. The quantitative estimate of drug-likeness (QED) is 0.406. The Hall–Kier alpha value is -1.10. The fourth-order valence-electron chi connectivity index (χ4n) is 0.535. The van der Waals surface area contributed by atoms with Crippen molar-refractivity contribution in [2.24, 2.45) is 5.10 Å². The molecule has 0 unspecified atom stereocenters. The summed E-state index contributed by atoms with van der Waals surface area (Å²) in [6.45, 7) is 0.874. The first-order chi connectivity index (χ1) is 4.30. The van der Waals surface area contributed by atoms with Gasteiger partial charge in [0.15, 0.2) is 5.71 Å². The zero-order chi connectivity index (χ0) is 6.69. The number of hydrogen-bond donors (Lipinski definition) is 3. The van der Waals surface area contributed by atoms with Gasteiger partial charge in [-0.25, -0.2) is 4.79 Å². The average Bonchev–Trinajstić information content (AvgIpc) is 1.90. The van der Waals surface area contributed by atoms with E-state index in [-0.39, 0.29) is 5.71 Å². The molecule has 0 spiro atoms. The maximum Gasteiger partial charge on any atom is 0.353 e. The van der Waals surface area contributed by atoms with E-state index in [1.165, 1.54) is 0 Å². The van der Waals surface area contributed by atoms with Crippen LogP contribution in [-0.2, 0) is 4.79 Å². The summed E-state index contributed by atoms with van der Waals surface area (Å²) in [6, 6.07) is 0. The Kier molecular flexibility index (Phi) is 1.64. The first kappa shape index (κ1) is 6.03. The van der Waals surface area contributed by atoms with Crippen molar-refractivity contribution < 1.29 is 9.90 Å². The summed E-state index contributed by atoms with van der Waals surface area (Å²) in [5.74, 6) is -0.977. The zero-order valence-corrected chi connectivity index (χ0v) is 4.72. The molecular formula is C4H7N3O2. The van der Waals surface area contributed by atoms with Gasteiger partial charge in [0.1, 0.15) is 0 Å². The predicted octanol–water partition coefficient (Wildman–Crippen LogP) is -1.42. The van der Waals surface area contributed by atoms with Crippen LogP contribution in [0.25, 0.3) is 0 Å². The van der Waals surface area contributed by atoms with E-state index in [0.29, 0.717) is 13.2 Å². The van der Waals surface area contributed by atoms with Gasteiger partial charge in [-0.2, -0.15) is 5.10 Å². The van der Waals surface area contributed by atoms with E-state index < -0.39 is 5.97 Å². The molecule has 5 nitrogen and oxygen atoms in total. The Morgan fingerprint density at radius 3 is 2.89 bits per heavy atom. The van der Waals surface area contributed by atoms with Crippen LogP contribution in [0.15, 0.2) is 5.10 Å².